The highest BCUT2D eigenvalue weighted by molar-refractivity contribution is 6.28. The van der Waals surface area contributed by atoms with Crippen molar-refractivity contribution in [1.82, 2.24) is 0 Å². The molecule has 2 aliphatic rings. The van der Waals surface area contributed by atoms with E-state index in [-0.39, 0.29) is 0 Å². The minimum absolute atomic E-state index is 1.25. The molecular weight excluding hydrogens is 577 g/mol. The van der Waals surface area contributed by atoms with Crippen molar-refractivity contribution in [2.24, 2.45) is 0 Å². The highest BCUT2D eigenvalue weighted by Crippen LogP contribution is 2.53. The number of rotatable bonds is 1. The standard InChI is InChI=1S/C48H26/c1-2-9-27(10-3-1)37-23-40-32(41-25-43-34-15-6-12-28-13-7-16-35(47(28)34)44(43)26-45(37)41)20-19-30-21-39-42(24-38(30)40)36-18-8-17-33-31-14-5-4-11-29(31)22-46(39)48(33)36/h1-26H. The molecule has 0 aliphatic heterocycles. The summed E-state index contributed by atoms with van der Waals surface area (Å²) in [5, 5.41) is 15.9. The van der Waals surface area contributed by atoms with Crippen molar-refractivity contribution in [3.8, 4) is 55.6 Å². The van der Waals surface area contributed by atoms with Gasteiger partial charge in [0, 0.05) is 0 Å². The third-order valence-electron chi connectivity index (χ3n) is 11.3. The molecule has 2 aliphatic carbocycles. The van der Waals surface area contributed by atoms with Crippen LogP contribution in [0.2, 0.25) is 0 Å². The molecule has 218 valence electrons. The Balaban J connectivity index is 1.21. The molecule has 0 spiro atoms. The smallest absolute Gasteiger partial charge is 0.00199 e. The zero-order valence-electron chi connectivity index (χ0n) is 26.0. The molecule has 0 amide bonds. The first-order valence-electron chi connectivity index (χ1n) is 16.8. The molecule has 0 saturated carbocycles. The van der Waals surface area contributed by atoms with E-state index < -0.39 is 0 Å². The summed E-state index contributed by atoms with van der Waals surface area (Å²) in [4.78, 5) is 0. The van der Waals surface area contributed by atoms with Gasteiger partial charge in [-0.1, -0.05) is 121 Å². The van der Waals surface area contributed by atoms with Crippen LogP contribution < -0.4 is 0 Å². The summed E-state index contributed by atoms with van der Waals surface area (Å²) in [7, 11) is 0. The van der Waals surface area contributed by atoms with Gasteiger partial charge in [-0.15, -0.1) is 0 Å². The molecule has 12 rings (SSSR count). The molecule has 0 bridgehead atoms. The van der Waals surface area contributed by atoms with Crippen LogP contribution in [0.15, 0.2) is 158 Å². The summed E-state index contributed by atoms with van der Waals surface area (Å²) >= 11 is 0. The molecule has 0 saturated heterocycles. The topological polar surface area (TPSA) is 0 Å². The monoisotopic (exact) mass is 602 g/mol. The van der Waals surface area contributed by atoms with Crippen molar-refractivity contribution in [3.63, 3.8) is 0 Å². The molecular formula is C48H26. The fraction of sp³-hybridized carbons (Fsp3) is 0. The van der Waals surface area contributed by atoms with Gasteiger partial charge < -0.3 is 0 Å². The van der Waals surface area contributed by atoms with E-state index in [0.29, 0.717) is 0 Å². The fourth-order valence-corrected chi connectivity index (χ4v) is 9.19. The lowest BCUT2D eigenvalue weighted by atomic mass is 9.87. The summed E-state index contributed by atoms with van der Waals surface area (Å²) in [5.74, 6) is 0. The molecule has 0 radical (unpaired) electrons. The van der Waals surface area contributed by atoms with Crippen molar-refractivity contribution < 1.29 is 0 Å². The van der Waals surface area contributed by atoms with Gasteiger partial charge >= 0.3 is 0 Å². The third kappa shape index (κ3) is 3.06. The number of benzene rings is 10. The number of fused-ring (bicyclic) bond motifs is 13. The van der Waals surface area contributed by atoms with Crippen LogP contribution in [0.1, 0.15) is 0 Å². The molecule has 10 aromatic carbocycles. The summed E-state index contributed by atoms with van der Waals surface area (Å²) < 4.78 is 0. The highest BCUT2D eigenvalue weighted by atomic mass is 14.3. The van der Waals surface area contributed by atoms with Crippen molar-refractivity contribution in [2.45, 2.75) is 0 Å². The number of hydrogen-bond acceptors (Lipinski definition) is 0. The number of hydrogen-bond donors (Lipinski definition) is 0. The van der Waals surface area contributed by atoms with Crippen LogP contribution in [0.5, 0.6) is 0 Å². The molecule has 10 aromatic rings. The summed E-state index contributed by atoms with van der Waals surface area (Å²) in [5.41, 5.74) is 13.3. The summed E-state index contributed by atoms with van der Waals surface area (Å²) in [6, 6.07) is 59.5. The van der Waals surface area contributed by atoms with Gasteiger partial charge in [0.2, 0.25) is 0 Å². The molecule has 0 nitrogen and oxygen atoms in total. The Morgan fingerprint density at radius 1 is 0.208 bits per heavy atom. The van der Waals surface area contributed by atoms with Crippen molar-refractivity contribution in [1.29, 1.82) is 0 Å². The van der Waals surface area contributed by atoms with E-state index in [4.69, 9.17) is 0 Å². The minimum Gasteiger partial charge on any atom is -0.0622 e. The molecule has 0 atom stereocenters. The van der Waals surface area contributed by atoms with Gasteiger partial charge in [0.15, 0.2) is 0 Å². The lowest BCUT2D eigenvalue weighted by Gasteiger charge is -2.16. The van der Waals surface area contributed by atoms with Gasteiger partial charge in [-0.3, -0.25) is 0 Å². The van der Waals surface area contributed by atoms with Gasteiger partial charge in [0.1, 0.15) is 0 Å². The predicted octanol–water partition coefficient (Wildman–Crippen LogP) is 13.6. The minimum atomic E-state index is 1.25. The third-order valence-corrected chi connectivity index (χ3v) is 11.3. The average Bonchev–Trinajstić information content (AvgIpc) is 3.63. The van der Waals surface area contributed by atoms with Crippen molar-refractivity contribution in [2.75, 3.05) is 0 Å². The van der Waals surface area contributed by atoms with Gasteiger partial charge in [-0.25, -0.2) is 0 Å². The lowest BCUT2D eigenvalue weighted by Crippen LogP contribution is -1.89. The normalized spacial score (nSPS) is 12.6. The van der Waals surface area contributed by atoms with Crippen LogP contribution in [-0.2, 0) is 0 Å². The van der Waals surface area contributed by atoms with Gasteiger partial charge in [-0.2, -0.15) is 0 Å². The quantitative estimate of drug-likeness (QED) is 0.164. The molecule has 0 heteroatoms. The summed E-state index contributed by atoms with van der Waals surface area (Å²) in [6.07, 6.45) is 0. The molecule has 0 unspecified atom stereocenters. The van der Waals surface area contributed by atoms with E-state index in [9.17, 15) is 0 Å². The Labute approximate surface area is 277 Å². The average molecular weight is 603 g/mol. The van der Waals surface area contributed by atoms with Crippen LogP contribution in [0.4, 0.5) is 0 Å². The van der Waals surface area contributed by atoms with Crippen LogP contribution in [0.3, 0.4) is 0 Å². The van der Waals surface area contributed by atoms with E-state index in [0.717, 1.165) is 0 Å². The maximum absolute atomic E-state index is 2.48. The maximum atomic E-state index is 2.48. The molecule has 48 heavy (non-hydrogen) atoms. The van der Waals surface area contributed by atoms with Crippen LogP contribution >= 0.6 is 0 Å². The van der Waals surface area contributed by atoms with E-state index in [1.807, 2.05) is 0 Å². The first-order chi connectivity index (χ1) is 23.8. The fourth-order valence-electron chi connectivity index (χ4n) is 9.19. The zero-order valence-corrected chi connectivity index (χ0v) is 26.0. The predicted molar refractivity (Wildman–Crippen MR) is 206 cm³/mol. The van der Waals surface area contributed by atoms with Crippen LogP contribution in [0, 0.1) is 0 Å². The molecule has 0 fully saturated rings. The highest BCUT2D eigenvalue weighted by Gasteiger charge is 2.26. The zero-order chi connectivity index (χ0) is 31.1. The van der Waals surface area contributed by atoms with Crippen molar-refractivity contribution >= 4 is 64.6 Å². The lowest BCUT2D eigenvalue weighted by molar-refractivity contribution is 1.67. The van der Waals surface area contributed by atoms with E-state index in [2.05, 4.69) is 158 Å². The summed E-state index contributed by atoms with van der Waals surface area (Å²) in [6.45, 7) is 0. The Bertz CT molecular complexity index is 3080. The second-order valence-corrected chi connectivity index (χ2v) is 13.6. The largest absolute Gasteiger partial charge is 0.0622 e. The molecule has 0 N–H and O–H groups in total. The molecule has 0 heterocycles. The van der Waals surface area contributed by atoms with Gasteiger partial charge in [0.25, 0.3) is 0 Å². The Kier molecular flexibility index (Phi) is 4.55. The van der Waals surface area contributed by atoms with Gasteiger partial charge in [-0.05, 0) is 157 Å². The first-order valence-corrected chi connectivity index (χ1v) is 16.8. The van der Waals surface area contributed by atoms with Crippen LogP contribution in [-0.4, -0.2) is 0 Å². The Morgan fingerprint density at radius 3 is 1.56 bits per heavy atom. The second kappa shape index (κ2) is 8.76. The first kappa shape index (κ1) is 24.9. The van der Waals surface area contributed by atoms with Crippen molar-refractivity contribution in [3.05, 3.63) is 158 Å². The van der Waals surface area contributed by atoms with E-state index in [1.165, 1.54) is 120 Å². The molecule has 0 aromatic heterocycles. The SMILES string of the molecule is c1ccc(-c2cc3c4cc5c(cc4ccc3c3cc4c(cc23)-c2cccc3cccc-4c23)-c2cc3ccccc3c3cccc-5c23)cc1. The maximum Gasteiger partial charge on any atom is -0.00199 e. The van der Waals surface area contributed by atoms with Crippen LogP contribution in [0.25, 0.3) is 120 Å². The van der Waals surface area contributed by atoms with E-state index in [1.54, 1.807) is 0 Å². The Morgan fingerprint density at radius 2 is 0.750 bits per heavy atom. The second-order valence-electron chi connectivity index (χ2n) is 13.6. The van der Waals surface area contributed by atoms with Gasteiger partial charge in [0.05, 0.1) is 0 Å². The van der Waals surface area contributed by atoms with E-state index >= 15 is 0 Å². The Hall–Kier alpha value is -6.24.